The minimum atomic E-state index is 0. The van der Waals surface area contributed by atoms with E-state index in [-0.39, 0.29) is 31.0 Å². The van der Waals surface area contributed by atoms with Crippen molar-refractivity contribution in [2.45, 2.75) is 25.8 Å². The lowest BCUT2D eigenvalue weighted by Crippen LogP contribution is -2.49. The summed E-state index contributed by atoms with van der Waals surface area (Å²) in [6.45, 7) is 6.88. The van der Waals surface area contributed by atoms with Gasteiger partial charge in [-0.2, -0.15) is 0 Å². The van der Waals surface area contributed by atoms with E-state index in [1.807, 2.05) is 4.90 Å². The van der Waals surface area contributed by atoms with Crippen LogP contribution < -0.4 is 5.32 Å². The monoisotopic (exact) mass is 368 g/mol. The van der Waals surface area contributed by atoms with E-state index in [0.29, 0.717) is 12.5 Å². The van der Waals surface area contributed by atoms with Gasteiger partial charge in [-0.15, -0.1) is 12.4 Å². The minimum absolute atomic E-state index is 0. The highest BCUT2D eigenvalue weighted by Crippen LogP contribution is 2.23. The molecular formula is C19H29ClN2O3. The summed E-state index contributed by atoms with van der Waals surface area (Å²) >= 11 is 0. The molecule has 2 saturated heterocycles. The highest BCUT2D eigenvalue weighted by molar-refractivity contribution is 5.85. The van der Waals surface area contributed by atoms with Crippen LogP contribution in [0.15, 0.2) is 24.3 Å². The first-order chi connectivity index (χ1) is 11.8. The SMILES string of the molecule is CCc1ccc(C2CNCCN2C(=O)COCC2CCOC2)cc1.Cl. The summed E-state index contributed by atoms with van der Waals surface area (Å²) in [7, 11) is 0. The zero-order valence-corrected chi connectivity index (χ0v) is 15.7. The number of aryl methyl sites for hydroxylation is 1. The number of nitrogens with zero attached hydrogens (tertiary/aromatic N) is 1. The summed E-state index contributed by atoms with van der Waals surface area (Å²) in [5.41, 5.74) is 2.51. The third-order valence-electron chi connectivity index (χ3n) is 4.94. The molecule has 0 aromatic heterocycles. The lowest BCUT2D eigenvalue weighted by Gasteiger charge is -2.36. The number of amides is 1. The van der Waals surface area contributed by atoms with Crippen molar-refractivity contribution in [3.63, 3.8) is 0 Å². The van der Waals surface area contributed by atoms with Gasteiger partial charge in [-0.3, -0.25) is 4.79 Å². The second kappa shape index (κ2) is 10.1. The Labute approximate surface area is 156 Å². The van der Waals surface area contributed by atoms with Gasteiger partial charge in [0.2, 0.25) is 5.91 Å². The Balaban J connectivity index is 0.00000225. The van der Waals surface area contributed by atoms with Crippen LogP contribution in [0.1, 0.15) is 30.5 Å². The molecule has 140 valence electrons. The number of hydrogen-bond donors (Lipinski definition) is 1. The fourth-order valence-corrected chi connectivity index (χ4v) is 3.39. The number of carbonyl (C=O) groups is 1. The lowest BCUT2D eigenvalue weighted by atomic mass is 10.0. The van der Waals surface area contributed by atoms with Crippen molar-refractivity contribution in [2.75, 3.05) is 46.1 Å². The number of rotatable bonds is 6. The molecule has 0 bridgehead atoms. The van der Waals surface area contributed by atoms with Crippen LogP contribution in [0.2, 0.25) is 0 Å². The third-order valence-corrected chi connectivity index (χ3v) is 4.94. The number of nitrogens with one attached hydrogen (secondary N) is 1. The molecule has 0 saturated carbocycles. The molecular weight excluding hydrogens is 340 g/mol. The quantitative estimate of drug-likeness (QED) is 0.836. The van der Waals surface area contributed by atoms with Crippen LogP contribution in [0.25, 0.3) is 0 Å². The van der Waals surface area contributed by atoms with Gasteiger partial charge in [-0.05, 0) is 24.0 Å². The van der Waals surface area contributed by atoms with Gasteiger partial charge in [0.15, 0.2) is 0 Å². The van der Waals surface area contributed by atoms with Crippen LogP contribution in [0.5, 0.6) is 0 Å². The molecule has 25 heavy (non-hydrogen) atoms. The van der Waals surface area contributed by atoms with Crippen LogP contribution >= 0.6 is 12.4 Å². The molecule has 0 radical (unpaired) electrons. The zero-order valence-electron chi connectivity index (χ0n) is 14.9. The highest BCUT2D eigenvalue weighted by Gasteiger charge is 2.28. The predicted octanol–water partition coefficient (Wildman–Crippen LogP) is 2.20. The van der Waals surface area contributed by atoms with Crippen molar-refractivity contribution >= 4 is 18.3 Å². The second-order valence-electron chi connectivity index (χ2n) is 6.65. The van der Waals surface area contributed by atoms with E-state index in [9.17, 15) is 4.79 Å². The van der Waals surface area contributed by atoms with Crippen molar-refractivity contribution < 1.29 is 14.3 Å². The van der Waals surface area contributed by atoms with Crippen molar-refractivity contribution in [1.82, 2.24) is 10.2 Å². The molecule has 2 unspecified atom stereocenters. The second-order valence-corrected chi connectivity index (χ2v) is 6.65. The standard InChI is InChI=1S/C19H28N2O3.ClH/c1-2-15-3-5-17(6-4-15)18-11-20-8-9-21(18)19(22)14-24-13-16-7-10-23-12-16;/h3-6,16,18,20H,2,7-14H2,1H3;1H. The van der Waals surface area contributed by atoms with Gasteiger partial charge >= 0.3 is 0 Å². The van der Waals surface area contributed by atoms with Crippen molar-refractivity contribution in [3.8, 4) is 0 Å². The number of halogens is 1. The normalized spacial score (nSPS) is 23.3. The van der Waals surface area contributed by atoms with E-state index in [2.05, 4.69) is 36.5 Å². The third kappa shape index (κ3) is 5.42. The van der Waals surface area contributed by atoms with Gasteiger partial charge in [0.05, 0.1) is 19.3 Å². The Bertz CT molecular complexity index is 532. The van der Waals surface area contributed by atoms with E-state index in [1.165, 1.54) is 11.1 Å². The molecule has 6 heteroatoms. The van der Waals surface area contributed by atoms with E-state index < -0.39 is 0 Å². The summed E-state index contributed by atoms with van der Waals surface area (Å²) in [5, 5.41) is 3.40. The van der Waals surface area contributed by atoms with Crippen LogP contribution in [0, 0.1) is 5.92 Å². The molecule has 2 aliphatic heterocycles. The molecule has 2 heterocycles. The number of ether oxygens (including phenoxy) is 2. The Morgan fingerprint density at radius 2 is 2.16 bits per heavy atom. The Morgan fingerprint density at radius 1 is 1.36 bits per heavy atom. The maximum Gasteiger partial charge on any atom is 0.249 e. The average molecular weight is 369 g/mol. The van der Waals surface area contributed by atoms with Gasteiger partial charge in [-0.1, -0.05) is 31.2 Å². The van der Waals surface area contributed by atoms with Crippen LogP contribution in [-0.4, -0.2) is 56.9 Å². The Hall–Kier alpha value is -1.14. The van der Waals surface area contributed by atoms with E-state index in [1.54, 1.807) is 0 Å². The van der Waals surface area contributed by atoms with Gasteiger partial charge in [0.1, 0.15) is 6.61 Å². The molecule has 2 aliphatic rings. The molecule has 3 rings (SSSR count). The first-order valence-electron chi connectivity index (χ1n) is 9.02. The van der Waals surface area contributed by atoms with Crippen LogP contribution in [0.4, 0.5) is 0 Å². The predicted molar refractivity (Wildman–Crippen MR) is 100 cm³/mol. The highest BCUT2D eigenvalue weighted by atomic mass is 35.5. The van der Waals surface area contributed by atoms with Crippen molar-refractivity contribution in [1.29, 1.82) is 0 Å². The number of hydrogen-bond acceptors (Lipinski definition) is 4. The van der Waals surface area contributed by atoms with E-state index in [0.717, 1.165) is 45.7 Å². The Morgan fingerprint density at radius 3 is 2.84 bits per heavy atom. The van der Waals surface area contributed by atoms with Crippen molar-refractivity contribution in [3.05, 3.63) is 35.4 Å². The summed E-state index contributed by atoms with van der Waals surface area (Å²) in [6.07, 6.45) is 2.07. The van der Waals surface area contributed by atoms with Crippen molar-refractivity contribution in [2.24, 2.45) is 5.92 Å². The van der Waals surface area contributed by atoms with Gasteiger partial charge in [0.25, 0.3) is 0 Å². The minimum Gasteiger partial charge on any atom is -0.381 e. The Kier molecular flexibility index (Phi) is 8.16. The molecule has 0 aliphatic carbocycles. The molecule has 0 spiro atoms. The molecule has 1 N–H and O–H groups in total. The maximum atomic E-state index is 12.6. The van der Waals surface area contributed by atoms with Gasteiger partial charge in [0, 0.05) is 32.2 Å². The number of piperazine rings is 1. The maximum absolute atomic E-state index is 12.6. The topological polar surface area (TPSA) is 50.8 Å². The molecule has 5 nitrogen and oxygen atoms in total. The first-order valence-corrected chi connectivity index (χ1v) is 9.02. The molecule has 2 fully saturated rings. The van der Waals surface area contributed by atoms with E-state index in [4.69, 9.17) is 9.47 Å². The number of carbonyl (C=O) groups excluding carboxylic acids is 1. The fourth-order valence-electron chi connectivity index (χ4n) is 3.39. The molecule has 1 aromatic carbocycles. The van der Waals surface area contributed by atoms with Crippen LogP contribution in [0.3, 0.4) is 0 Å². The first kappa shape index (κ1) is 20.2. The zero-order chi connectivity index (χ0) is 16.8. The van der Waals surface area contributed by atoms with Gasteiger partial charge in [-0.25, -0.2) is 0 Å². The summed E-state index contributed by atoms with van der Waals surface area (Å²) in [4.78, 5) is 14.6. The summed E-state index contributed by atoms with van der Waals surface area (Å²) in [5.74, 6) is 0.526. The smallest absolute Gasteiger partial charge is 0.249 e. The fraction of sp³-hybridized carbons (Fsp3) is 0.632. The largest absolute Gasteiger partial charge is 0.381 e. The number of benzene rings is 1. The summed E-state index contributed by atoms with van der Waals surface area (Å²) < 4.78 is 11.0. The summed E-state index contributed by atoms with van der Waals surface area (Å²) in [6, 6.07) is 8.70. The van der Waals surface area contributed by atoms with Crippen LogP contribution in [-0.2, 0) is 20.7 Å². The van der Waals surface area contributed by atoms with E-state index >= 15 is 0 Å². The molecule has 1 amide bonds. The molecule has 1 aromatic rings. The van der Waals surface area contributed by atoms with Gasteiger partial charge < -0.3 is 19.7 Å². The molecule has 2 atom stereocenters. The lowest BCUT2D eigenvalue weighted by molar-refractivity contribution is -0.140. The average Bonchev–Trinajstić information content (AvgIpc) is 3.15.